The summed E-state index contributed by atoms with van der Waals surface area (Å²) in [4.78, 5) is 16.1. The molecule has 0 fully saturated rings. The van der Waals surface area contributed by atoms with Crippen molar-refractivity contribution >= 4 is 11.8 Å². The predicted octanol–water partition coefficient (Wildman–Crippen LogP) is 2.99. The molecule has 0 saturated carbocycles. The van der Waals surface area contributed by atoms with Crippen LogP contribution in [0.4, 0.5) is 5.88 Å². The number of rotatable bonds is 3. The number of carbonyl (C=O) groups excluding carboxylic acids is 1. The fraction of sp³-hybridized carbons (Fsp3) is 0. The van der Waals surface area contributed by atoms with Crippen LogP contribution < -0.4 is 5.32 Å². The van der Waals surface area contributed by atoms with E-state index in [4.69, 9.17) is 4.52 Å². The van der Waals surface area contributed by atoms with Gasteiger partial charge in [-0.1, -0.05) is 29.4 Å². The van der Waals surface area contributed by atoms with Crippen LogP contribution in [0.3, 0.4) is 0 Å². The Kier molecular flexibility index (Phi) is 3.24. The summed E-state index contributed by atoms with van der Waals surface area (Å²) < 4.78 is 5.09. The van der Waals surface area contributed by atoms with Gasteiger partial charge in [0, 0.05) is 17.8 Å². The fourth-order valence-electron chi connectivity index (χ4n) is 1.74. The van der Waals surface area contributed by atoms with Crippen LogP contribution in [0.25, 0.3) is 11.4 Å². The Hall–Kier alpha value is -2.95. The van der Waals surface area contributed by atoms with Crippen molar-refractivity contribution in [3.8, 4) is 11.4 Å². The highest BCUT2D eigenvalue weighted by Crippen LogP contribution is 2.19. The van der Waals surface area contributed by atoms with Crippen molar-refractivity contribution in [2.75, 3.05) is 5.32 Å². The van der Waals surface area contributed by atoms with E-state index in [2.05, 4.69) is 15.5 Å². The van der Waals surface area contributed by atoms with E-state index in [0.29, 0.717) is 22.8 Å². The minimum Gasteiger partial charge on any atom is -0.338 e. The normalized spacial score (nSPS) is 10.2. The molecule has 1 amide bonds. The third-order valence-electron chi connectivity index (χ3n) is 2.71. The van der Waals surface area contributed by atoms with Crippen molar-refractivity contribution in [3.63, 3.8) is 0 Å². The van der Waals surface area contributed by atoms with Crippen molar-refractivity contribution < 1.29 is 9.32 Å². The molecule has 2 aromatic heterocycles. The SMILES string of the molecule is O=C(Nc1cc(-c2ccccn2)no1)c1ccccc1. The van der Waals surface area contributed by atoms with Gasteiger partial charge in [-0.15, -0.1) is 0 Å². The summed E-state index contributed by atoms with van der Waals surface area (Å²) in [6, 6.07) is 16.1. The summed E-state index contributed by atoms with van der Waals surface area (Å²) in [5, 5.41) is 6.53. The van der Waals surface area contributed by atoms with Crippen molar-refractivity contribution in [2.45, 2.75) is 0 Å². The first-order valence-corrected chi connectivity index (χ1v) is 6.07. The monoisotopic (exact) mass is 265 g/mol. The molecule has 0 bridgehead atoms. The van der Waals surface area contributed by atoms with Gasteiger partial charge in [-0.05, 0) is 24.3 Å². The largest absolute Gasteiger partial charge is 0.338 e. The molecule has 0 unspecified atom stereocenters. The standard InChI is InChI=1S/C15H11N3O2/c19-15(11-6-2-1-3-7-11)17-14-10-13(18-20-14)12-8-4-5-9-16-12/h1-10H,(H,17,19). The first-order chi connectivity index (χ1) is 9.83. The topological polar surface area (TPSA) is 68.0 Å². The third kappa shape index (κ3) is 2.56. The molecule has 0 aliphatic carbocycles. The first kappa shape index (κ1) is 12.1. The Bertz CT molecular complexity index is 708. The smallest absolute Gasteiger partial charge is 0.258 e. The number of carbonyl (C=O) groups is 1. The molecule has 0 aliphatic rings. The molecule has 5 heteroatoms. The number of benzene rings is 1. The lowest BCUT2D eigenvalue weighted by atomic mass is 10.2. The molecule has 98 valence electrons. The van der Waals surface area contributed by atoms with Gasteiger partial charge in [0.25, 0.3) is 5.91 Å². The van der Waals surface area contributed by atoms with Crippen LogP contribution in [0, 0.1) is 0 Å². The molecule has 0 saturated heterocycles. The molecule has 0 atom stereocenters. The highest BCUT2D eigenvalue weighted by molar-refractivity contribution is 6.03. The Labute approximate surface area is 115 Å². The van der Waals surface area contributed by atoms with Gasteiger partial charge >= 0.3 is 0 Å². The van der Waals surface area contributed by atoms with Crippen LogP contribution in [0.2, 0.25) is 0 Å². The van der Waals surface area contributed by atoms with Gasteiger partial charge in [0.2, 0.25) is 5.88 Å². The second-order valence-corrected chi connectivity index (χ2v) is 4.11. The molecule has 20 heavy (non-hydrogen) atoms. The molecular formula is C15H11N3O2. The van der Waals surface area contributed by atoms with E-state index in [9.17, 15) is 4.79 Å². The molecule has 0 radical (unpaired) electrons. The number of nitrogens with zero attached hydrogens (tertiary/aromatic N) is 2. The van der Waals surface area contributed by atoms with Gasteiger partial charge < -0.3 is 4.52 Å². The van der Waals surface area contributed by atoms with E-state index < -0.39 is 0 Å². The molecule has 2 heterocycles. The zero-order chi connectivity index (χ0) is 13.8. The van der Waals surface area contributed by atoms with Crippen LogP contribution in [0.1, 0.15) is 10.4 Å². The van der Waals surface area contributed by atoms with Crippen LogP contribution in [-0.2, 0) is 0 Å². The first-order valence-electron chi connectivity index (χ1n) is 6.07. The number of nitrogens with one attached hydrogen (secondary N) is 1. The van der Waals surface area contributed by atoms with Gasteiger partial charge in [0.05, 0.1) is 5.69 Å². The second kappa shape index (κ2) is 5.36. The second-order valence-electron chi connectivity index (χ2n) is 4.11. The summed E-state index contributed by atoms with van der Waals surface area (Å²) in [6.07, 6.45) is 1.67. The molecular weight excluding hydrogens is 254 g/mol. The van der Waals surface area contributed by atoms with E-state index in [1.165, 1.54) is 0 Å². The van der Waals surface area contributed by atoms with E-state index >= 15 is 0 Å². The Morgan fingerprint density at radius 1 is 1.00 bits per heavy atom. The molecule has 0 spiro atoms. The lowest BCUT2D eigenvalue weighted by Gasteiger charge is -1.99. The lowest BCUT2D eigenvalue weighted by molar-refractivity contribution is 0.102. The average Bonchev–Trinajstić information content (AvgIpc) is 2.97. The Morgan fingerprint density at radius 2 is 1.80 bits per heavy atom. The van der Waals surface area contributed by atoms with Crippen molar-refractivity contribution in [1.29, 1.82) is 0 Å². The maximum atomic E-state index is 11.9. The van der Waals surface area contributed by atoms with E-state index in [1.54, 1.807) is 36.5 Å². The van der Waals surface area contributed by atoms with Crippen LogP contribution >= 0.6 is 0 Å². The molecule has 3 rings (SSSR count). The summed E-state index contributed by atoms with van der Waals surface area (Å²) in [7, 11) is 0. The number of anilines is 1. The quantitative estimate of drug-likeness (QED) is 0.790. The Balaban J connectivity index is 1.77. The lowest BCUT2D eigenvalue weighted by Crippen LogP contribution is -2.10. The van der Waals surface area contributed by atoms with Crippen LogP contribution in [-0.4, -0.2) is 16.0 Å². The van der Waals surface area contributed by atoms with E-state index in [0.717, 1.165) is 0 Å². The molecule has 0 aliphatic heterocycles. The summed E-state index contributed by atoms with van der Waals surface area (Å²) in [5.74, 6) is 0.0498. The maximum absolute atomic E-state index is 11.9. The molecule has 5 nitrogen and oxygen atoms in total. The van der Waals surface area contributed by atoms with Crippen molar-refractivity contribution in [2.24, 2.45) is 0 Å². The van der Waals surface area contributed by atoms with Crippen LogP contribution in [0.15, 0.2) is 65.3 Å². The molecule has 3 aromatic rings. The average molecular weight is 265 g/mol. The zero-order valence-electron chi connectivity index (χ0n) is 10.5. The van der Waals surface area contributed by atoms with Gasteiger partial charge in [-0.25, -0.2) is 0 Å². The van der Waals surface area contributed by atoms with E-state index in [-0.39, 0.29) is 5.91 Å². The number of hydrogen-bond acceptors (Lipinski definition) is 4. The van der Waals surface area contributed by atoms with Crippen molar-refractivity contribution in [1.82, 2.24) is 10.1 Å². The number of aromatic nitrogens is 2. The van der Waals surface area contributed by atoms with Crippen LogP contribution in [0.5, 0.6) is 0 Å². The molecule has 1 N–H and O–H groups in total. The highest BCUT2D eigenvalue weighted by Gasteiger charge is 2.11. The minimum absolute atomic E-state index is 0.241. The summed E-state index contributed by atoms with van der Waals surface area (Å²) in [6.45, 7) is 0. The summed E-state index contributed by atoms with van der Waals surface area (Å²) in [5.41, 5.74) is 1.83. The fourth-order valence-corrected chi connectivity index (χ4v) is 1.74. The third-order valence-corrected chi connectivity index (χ3v) is 2.71. The van der Waals surface area contributed by atoms with E-state index in [1.807, 2.05) is 24.3 Å². The summed E-state index contributed by atoms with van der Waals surface area (Å²) >= 11 is 0. The molecule has 1 aromatic carbocycles. The number of amides is 1. The number of pyridine rings is 1. The van der Waals surface area contributed by atoms with Gasteiger partial charge in [0.1, 0.15) is 5.69 Å². The van der Waals surface area contributed by atoms with Gasteiger partial charge in [-0.2, -0.15) is 0 Å². The van der Waals surface area contributed by atoms with Gasteiger partial charge in [0.15, 0.2) is 0 Å². The number of hydrogen-bond donors (Lipinski definition) is 1. The zero-order valence-corrected chi connectivity index (χ0v) is 10.5. The minimum atomic E-state index is -0.241. The Morgan fingerprint density at radius 3 is 2.55 bits per heavy atom. The maximum Gasteiger partial charge on any atom is 0.258 e. The highest BCUT2D eigenvalue weighted by atomic mass is 16.5. The van der Waals surface area contributed by atoms with Crippen molar-refractivity contribution in [3.05, 3.63) is 66.4 Å². The van der Waals surface area contributed by atoms with Gasteiger partial charge in [-0.3, -0.25) is 15.1 Å². The predicted molar refractivity (Wildman–Crippen MR) is 74.1 cm³/mol.